The maximum absolute atomic E-state index is 13.8. The van der Waals surface area contributed by atoms with E-state index in [0.29, 0.717) is 38.9 Å². The second kappa shape index (κ2) is 8.28. The number of nitriles is 1. The molecule has 3 aromatic carbocycles. The molecule has 162 valence electrons. The number of nitrogens with one attached hydrogen (secondary N) is 1. The zero-order valence-corrected chi connectivity index (χ0v) is 18.7. The van der Waals surface area contributed by atoms with Crippen LogP contribution in [-0.2, 0) is 0 Å². The van der Waals surface area contributed by atoms with Crippen LogP contribution in [0.3, 0.4) is 0 Å². The van der Waals surface area contributed by atoms with Crippen LogP contribution < -0.4 is 4.74 Å². The number of ether oxygens (including phenoxy) is 1. The van der Waals surface area contributed by atoms with E-state index in [1.54, 1.807) is 49.6 Å². The third-order valence-electron chi connectivity index (χ3n) is 5.34. The topological polar surface area (TPSA) is 66.6 Å². The number of aromatic nitrogens is 3. The number of halogens is 3. The van der Waals surface area contributed by atoms with Gasteiger partial charge in [0.25, 0.3) is 0 Å². The molecule has 0 radical (unpaired) electrons. The first-order valence-corrected chi connectivity index (χ1v) is 10.6. The number of methoxy groups -OCH3 is 1. The van der Waals surface area contributed by atoms with E-state index in [4.69, 9.17) is 32.9 Å². The van der Waals surface area contributed by atoms with Crippen molar-refractivity contribution in [1.29, 1.82) is 5.26 Å². The Labute approximate surface area is 198 Å². The number of aromatic amines is 1. The lowest BCUT2D eigenvalue weighted by Gasteiger charge is -2.11. The zero-order valence-electron chi connectivity index (χ0n) is 17.2. The highest BCUT2D eigenvalue weighted by molar-refractivity contribution is 6.31. The van der Waals surface area contributed by atoms with E-state index < -0.39 is 5.82 Å². The van der Waals surface area contributed by atoms with Crippen molar-refractivity contribution in [2.24, 2.45) is 0 Å². The van der Waals surface area contributed by atoms with Gasteiger partial charge in [0.2, 0.25) is 0 Å². The summed E-state index contributed by atoms with van der Waals surface area (Å²) in [5.74, 6) is 0.668. The van der Waals surface area contributed by atoms with E-state index in [2.05, 4.69) is 11.1 Å². The summed E-state index contributed by atoms with van der Waals surface area (Å²) in [5.41, 5.74) is 4.94. The quantitative estimate of drug-likeness (QED) is 0.303. The number of nitrogens with zero attached hydrogens (tertiary/aromatic N) is 3. The molecule has 0 saturated heterocycles. The van der Waals surface area contributed by atoms with Gasteiger partial charge in [-0.1, -0.05) is 35.3 Å². The first kappa shape index (κ1) is 21.1. The summed E-state index contributed by atoms with van der Waals surface area (Å²) in [6.07, 6.45) is 1.87. The molecule has 1 N–H and O–H groups in total. The van der Waals surface area contributed by atoms with Gasteiger partial charge in [-0.05, 0) is 48.5 Å². The van der Waals surface area contributed by atoms with Crippen LogP contribution in [-0.4, -0.2) is 21.6 Å². The van der Waals surface area contributed by atoms with Crippen molar-refractivity contribution in [1.82, 2.24) is 14.5 Å². The molecule has 0 aliphatic heterocycles. The van der Waals surface area contributed by atoms with Crippen LogP contribution in [0.5, 0.6) is 5.75 Å². The number of hydrogen-bond acceptors (Lipinski definition) is 3. The number of hydrogen-bond donors (Lipinski definition) is 1. The van der Waals surface area contributed by atoms with Crippen molar-refractivity contribution in [2.75, 3.05) is 7.11 Å². The maximum atomic E-state index is 13.8. The molecule has 0 unspecified atom stereocenters. The van der Waals surface area contributed by atoms with E-state index >= 15 is 0 Å². The number of benzene rings is 3. The molecule has 0 amide bonds. The van der Waals surface area contributed by atoms with Gasteiger partial charge in [0.15, 0.2) is 0 Å². The van der Waals surface area contributed by atoms with Crippen LogP contribution in [0, 0.1) is 17.1 Å². The van der Waals surface area contributed by atoms with Gasteiger partial charge in [-0.2, -0.15) is 5.26 Å². The number of fused-ring (bicyclic) bond motifs is 1. The smallest absolute Gasteiger partial charge is 0.142 e. The molecule has 0 fully saturated rings. The molecule has 2 aromatic heterocycles. The lowest BCUT2D eigenvalue weighted by atomic mass is 10.1. The molecule has 5 rings (SSSR count). The minimum atomic E-state index is -0.490. The fourth-order valence-electron chi connectivity index (χ4n) is 3.78. The van der Waals surface area contributed by atoms with Crippen LogP contribution in [0.1, 0.15) is 5.56 Å². The standard InChI is InChI=1S/C25H15Cl2FN4O/c1-33-22-9-2-14(12-29)10-18(22)25-30-21-13-32(17-7-8-20(28)19(27)11-17)24(23(21)31-25)15-3-5-16(26)6-4-15/h2-11,13H,1H3,(H,30,31). The second-order valence-corrected chi connectivity index (χ2v) is 8.17. The number of H-pyrrole nitrogens is 1. The van der Waals surface area contributed by atoms with E-state index in [1.807, 2.05) is 22.9 Å². The summed E-state index contributed by atoms with van der Waals surface area (Å²) in [7, 11) is 1.57. The highest BCUT2D eigenvalue weighted by atomic mass is 35.5. The van der Waals surface area contributed by atoms with Crippen LogP contribution in [0.15, 0.2) is 66.9 Å². The first-order valence-electron chi connectivity index (χ1n) is 9.89. The van der Waals surface area contributed by atoms with Crippen LogP contribution in [0.25, 0.3) is 39.4 Å². The Morgan fingerprint density at radius 1 is 1.06 bits per heavy atom. The molecule has 5 nitrogen and oxygen atoms in total. The predicted octanol–water partition coefficient (Wildman–Crippen LogP) is 7.01. The van der Waals surface area contributed by atoms with Crippen LogP contribution in [0.2, 0.25) is 10.0 Å². The van der Waals surface area contributed by atoms with Gasteiger partial charge in [0.1, 0.15) is 22.9 Å². The fourth-order valence-corrected chi connectivity index (χ4v) is 4.08. The summed E-state index contributed by atoms with van der Waals surface area (Å²) in [6, 6.07) is 19.2. The van der Waals surface area contributed by atoms with Crippen molar-refractivity contribution in [3.63, 3.8) is 0 Å². The summed E-state index contributed by atoms with van der Waals surface area (Å²) in [4.78, 5) is 8.17. The van der Waals surface area contributed by atoms with E-state index in [0.717, 1.165) is 16.8 Å². The molecule has 0 aliphatic carbocycles. The third kappa shape index (κ3) is 3.72. The van der Waals surface area contributed by atoms with E-state index in [-0.39, 0.29) is 5.02 Å². The molecule has 33 heavy (non-hydrogen) atoms. The Balaban J connectivity index is 1.76. The van der Waals surface area contributed by atoms with Gasteiger partial charge >= 0.3 is 0 Å². The zero-order chi connectivity index (χ0) is 23.1. The molecule has 0 aliphatic rings. The monoisotopic (exact) mass is 476 g/mol. The molecular weight excluding hydrogens is 462 g/mol. The van der Waals surface area contributed by atoms with E-state index in [1.165, 1.54) is 6.07 Å². The van der Waals surface area contributed by atoms with Gasteiger partial charge in [-0.15, -0.1) is 0 Å². The predicted molar refractivity (Wildman–Crippen MR) is 128 cm³/mol. The highest BCUT2D eigenvalue weighted by Crippen LogP contribution is 2.37. The molecular formula is C25H15Cl2FN4O. The number of imidazole rings is 1. The Morgan fingerprint density at radius 2 is 1.85 bits per heavy atom. The summed E-state index contributed by atoms with van der Waals surface area (Å²) in [6.45, 7) is 0. The van der Waals surface area contributed by atoms with Crippen LogP contribution in [0.4, 0.5) is 4.39 Å². The summed E-state index contributed by atoms with van der Waals surface area (Å²) >= 11 is 12.2. The summed E-state index contributed by atoms with van der Waals surface area (Å²) in [5, 5.41) is 9.96. The normalized spacial score (nSPS) is 11.0. The van der Waals surface area contributed by atoms with Gasteiger partial charge in [-0.3, -0.25) is 0 Å². The second-order valence-electron chi connectivity index (χ2n) is 7.33. The average Bonchev–Trinajstić information content (AvgIpc) is 3.39. The van der Waals surface area contributed by atoms with Crippen LogP contribution >= 0.6 is 23.2 Å². The Morgan fingerprint density at radius 3 is 2.55 bits per heavy atom. The van der Waals surface area contributed by atoms with Gasteiger partial charge < -0.3 is 14.3 Å². The molecule has 0 bridgehead atoms. The molecule has 0 saturated carbocycles. The minimum Gasteiger partial charge on any atom is -0.496 e. The molecule has 2 heterocycles. The lowest BCUT2D eigenvalue weighted by Crippen LogP contribution is -1.97. The summed E-state index contributed by atoms with van der Waals surface area (Å²) < 4.78 is 21.2. The van der Waals surface area contributed by atoms with Gasteiger partial charge in [-0.25, -0.2) is 9.37 Å². The number of rotatable bonds is 4. The minimum absolute atomic E-state index is 0.0265. The SMILES string of the molecule is COc1ccc(C#N)cc1-c1nc2c(-c3ccc(Cl)cc3)n(-c3ccc(F)c(Cl)c3)cc2[nH]1. The van der Waals surface area contributed by atoms with E-state index in [9.17, 15) is 9.65 Å². The largest absolute Gasteiger partial charge is 0.496 e. The molecule has 0 atom stereocenters. The Kier molecular flexibility index (Phi) is 5.29. The van der Waals surface area contributed by atoms with Crippen molar-refractivity contribution < 1.29 is 9.13 Å². The molecule has 8 heteroatoms. The maximum Gasteiger partial charge on any atom is 0.142 e. The van der Waals surface area contributed by atoms with Gasteiger partial charge in [0.05, 0.1) is 40.5 Å². The fraction of sp³-hybridized carbons (Fsp3) is 0.0400. The highest BCUT2D eigenvalue weighted by Gasteiger charge is 2.20. The lowest BCUT2D eigenvalue weighted by molar-refractivity contribution is 0.416. The Bertz CT molecular complexity index is 1550. The first-order chi connectivity index (χ1) is 16.0. The molecule has 5 aromatic rings. The molecule has 0 spiro atoms. The van der Waals surface area contributed by atoms with Crippen molar-refractivity contribution in [2.45, 2.75) is 0 Å². The average molecular weight is 477 g/mol. The van der Waals surface area contributed by atoms with Gasteiger partial charge in [0, 0.05) is 22.5 Å². The Hall–Kier alpha value is -3.79. The van der Waals surface area contributed by atoms with Crippen molar-refractivity contribution in [3.8, 4) is 40.2 Å². The van der Waals surface area contributed by atoms with Crippen molar-refractivity contribution >= 4 is 34.2 Å². The van der Waals surface area contributed by atoms with Crippen molar-refractivity contribution in [3.05, 3.63) is 88.3 Å². The third-order valence-corrected chi connectivity index (χ3v) is 5.88.